The molecule has 0 N–H and O–H groups in total. The van der Waals surface area contributed by atoms with Gasteiger partial charge in [0.2, 0.25) is 0 Å². The molecule has 0 nitrogen and oxygen atoms in total. The van der Waals surface area contributed by atoms with Crippen molar-refractivity contribution in [1.29, 1.82) is 0 Å². The van der Waals surface area contributed by atoms with Crippen molar-refractivity contribution in [3.63, 3.8) is 0 Å². The summed E-state index contributed by atoms with van der Waals surface area (Å²) < 4.78 is 1.19. The number of benzene rings is 1. The Morgan fingerprint density at radius 2 is 1.94 bits per heavy atom. The van der Waals surface area contributed by atoms with E-state index >= 15 is 0 Å². The van der Waals surface area contributed by atoms with Crippen LogP contribution in [0.5, 0.6) is 0 Å². The third kappa shape index (κ3) is 3.51. The SMILES string of the molecule is Cc1cc(C(Br)Cc2ccc(Cl)c(Cl)c2)sc1Br. The number of hydrogen-bond donors (Lipinski definition) is 0. The molecule has 2 aromatic rings. The van der Waals surface area contributed by atoms with Crippen molar-refractivity contribution in [1.82, 2.24) is 0 Å². The fourth-order valence-electron chi connectivity index (χ4n) is 1.61. The Labute approximate surface area is 138 Å². The summed E-state index contributed by atoms with van der Waals surface area (Å²) in [6, 6.07) is 7.98. The molecule has 96 valence electrons. The highest BCUT2D eigenvalue weighted by Gasteiger charge is 2.13. The third-order valence-corrected chi connectivity index (χ3v) is 6.69. The first-order valence-corrected chi connectivity index (χ1v) is 8.59. The molecule has 2 rings (SSSR count). The van der Waals surface area contributed by atoms with Gasteiger partial charge in [-0.3, -0.25) is 0 Å². The van der Waals surface area contributed by atoms with Crippen LogP contribution in [0.15, 0.2) is 28.1 Å². The molecule has 1 aromatic heterocycles. The van der Waals surface area contributed by atoms with Crippen molar-refractivity contribution in [3.05, 3.63) is 54.1 Å². The lowest BCUT2D eigenvalue weighted by Crippen LogP contribution is -1.93. The normalized spacial score (nSPS) is 12.7. The van der Waals surface area contributed by atoms with Gasteiger partial charge in [0.1, 0.15) is 0 Å². The highest BCUT2D eigenvalue weighted by atomic mass is 79.9. The number of rotatable bonds is 3. The van der Waals surface area contributed by atoms with Crippen molar-refractivity contribution in [2.75, 3.05) is 0 Å². The Bertz CT molecular complexity index is 547. The van der Waals surface area contributed by atoms with Crippen molar-refractivity contribution in [2.45, 2.75) is 18.2 Å². The van der Waals surface area contributed by atoms with E-state index in [2.05, 4.69) is 44.8 Å². The van der Waals surface area contributed by atoms with Gasteiger partial charge in [0.15, 0.2) is 0 Å². The van der Waals surface area contributed by atoms with Gasteiger partial charge in [-0.05, 0) is 58.6 Å². The molecular weight excluding hydrogens is 419 g/mol. The van der Waals surface area contributed by atoms with Gasteiger partial charge in [0.05, 0.1) is 18.7 Å². The average molecular weight is 429 g/mol. The van der Waals surface area contributed by atoms with Crippen LogP contribution < -0.4 is 0 Å². The lowest BCUT2D eigenvalue weighted by atomic mass is 10.1. The van der Waals surface area contributed by atoms with Crippen LogP contribution in [0.25, 0.3) is 0 Å². The van der Waals surface area contributed by atoms with Crippen molar-refractivity contribution >= 4 is 66.4 Å². The van der Waals surface area contributed by atoms with Crippen LogP contribution in [0.1, 0.15) is 20.8 Å². The second kappa shape index (κ2) is 6.27. The molecule has 0 radical (unpaired) electrons. The Morgan fingerprint density at radius 1 is 1.22 bits per heavy atom. The zero-order chi connectivity index (χ0) is 13.3. The van der Waals surface area contributed by atoms with Gasteiger partial charge in [-0.1, -0.05) is 45.2 Å². The molecule has 0 saturated carbocycles. The first kappa shape index (κ1) is 14.9. The van der Waals surface area contributed by atoms with E-state index in [-0.39, 0.29) is 0 Å². The van der Waals surface area contributed by atoms with Crippen LogP contribution in [0.2, 0.25) is 10.0 Å². The molecule has 0 aliphatic carbocycles. The second-order valence-electron chi connectivity index (χ2n) is 4.03. The molecule has 18 heavy (non-hydrogen) atoms. The van der Waals surface area contributed by atoms with Crippen molar-refractivity contribution in [3.8, 4) is 0 Å². The maximum atomic E-state index is 6.02. The lowest BCUT2D eigenvalue weighted by molar-refractivity contribution is 0.969. The quantitative estimate of drug-likeness (QED) is 0.471. The zero-order valence-electron chi connectivity index (χ0n) is 9.51. The largest absolute Gasteiger partial charge is 0.132 e. The summed E-state index contributed by atoms with van der Waals surface area (Å²) in [4.78, 5) is 1.61. The van der Waals surface area contributed by atoms with Crippen molar-refractivity contribution in [2.24, 2.45) is 0 Å². The van der Waals surface area contributed by atoms with E-state index in [1.165, 1.54) is 19.8 Å². The minimum absolute atomic E-state index is 0.296. The molecule has 0 spiro atoms. The van der Waals surface area contributed by atoms with Crippen LogP contribution in [-0.2, 0) is 6.42 Å². The van der Waals surface area contributed by atoms with Gasteiger partial charge in [-0.15, -0.1) is 11.3 Å². The van der Waals surface area contributed by atoms with E-state index in [4.69, 9.17) is 23.2 Å². The van der Waals surface area contributed by atoms with Crippen LogP contribution in [-0.4, -0.2) is 0 Å². The first-order chi connectivity index (χ1) is 8.47. The summed E-state index contributed by atoms with van der Waals surface area (Å²) in [6.45, 7) is 2.10. The minimum Gasteiger partial charge on any atom is -0.132 e. The summed E-state index contributed by atoms with van der Waals surface area (Å²) in [5.74, 6) is 0. The monoisotopic (exact) mass is 426 g/mol. The van der Waals surface area contributed by atoms with E-state index in [1.54, 1.807) is 11.3 Å². The van der Waals surface area contributed by atoms with Crippen LogP contribution in [0.3, 0.4) is 0 Å². The van der Waals surface area contributed by atoms with Crippen molar-refractivity contribution < 1.29 is 0 Å². The summed E-state index contributed by atoms with van der Waals surface area (Å²) in [6.07, 6.45) is 0.892. The molecule has 0 bridgehead atoms. The third-order valence-electron chi connectivity index (χ3n) is 2.58. The molecular formula is C13H10Br2Cl2S. The fourth-order valence-corrected chi connectivity index (χ4v) is 4.27. The average Bonchev–Trinajstić information content (AvgIpc) is 2.65. The predicted octanol–water partition coefficient (Wildman–Crippen LogP) is 6.80. The predicted molar refractivity (Wildman–Crippen MR) is 88.6 cm³/mol. The van der Waals surface area contributed by atoms with Crippen LogP contribution in [0.4, 0.5) is 0 Å². The van der Waals surface area contributed by atoms with E-state index in [0.29, 0.717) is 14.9 Å². The van der Waals surface area contributed by atoms with Crippen LogP contribution >= 0.6 is 66.4 Å². The highest BCUT2D eigenvalue weighted by Crippen LogP contribution is 2.37. The first-order valence-electron chi connectivity index (χ1n) is 5.31. The molecule has 1 atom stereocenters. The molecule has 0 saturated heterocycles. The minimum atomic E-state index is 0.296. The lowest BCUT2D eigenvalue weighted by Gasteiger charge is -2.08. The summed E-state index contributed by atoms with van der Waals surface area (Å²) in [5.41, 5.74) is 2.45. The molecule has 0 aliphatic heterocycles. The van der Waals surface area contributed by atoms with Gasteiger partial charge >= 0.3 is 0 Å². The summed E-state index contributed by atoms with van der Waals surface area (Å²) in [5, 5.41) is 1.21. The molecule has 1 heterocycles. The summed E-state index contributed by atoms with van der Waals surface area (Å²) in [7, 11) is 0. The Hall–Kier alpha value is 0.460. The number of alkyl halides is 1. The van der Waals surface area contributed by atoms with Crippen LogP contribution in [0, 0.1) is 6.92 Å². The number of thiophene rings is 1. The van der Waals surface area contributed by atoms with E-state index in [0.717, 1.165) is 6.42 Å². The molecule has 5 heteroatoms. The van der Waals surface area contributed by atoms with Gasteiger partial charge in [-0.25, -0.2) is 0 Å². The number of aryl methyl sites for hydroxylation is 1. The van der Waals surface area contributed by atoms with Gasteiger partial charge in [0.25, 0.3) is 0 Å². The van der Waals surface area contributed by atoms with E-state index < -0.39 is 0 Å². The topological polar surface area (TPSA) is 0 Å². The smallest absolute Gasteiger partial charge is 0.0730 e. The number of halogens is 4. The van der Waals surface area contributed by atoms with Gasteiger partial charge in [0, 0.05) is 4.88 Å². The Kier molecular flexibility index (Phi) is 5.18. The van der Waals surface area contributed by atoms with E-state index in [1.807, 2.05) is 18.2 Å². The van der Waals surface area contributed by atoms with Gasteiger partial charge in [-0.2, -0.15) is 0 Å². The molecule has 0 fully saturated rings. The number of hydrogen-bond acceptors (Lipinski definition) is 1. The second-order valence-corrected chi connectivity index (χ2v) is 8.35. The summed E-state index contributed by atoms with van der Waals surface area (Å²) >= 11 is 21.0. The Balaban J connectivity index is 2.15. The molecule has 0 amide bonds. The molecule has 1 aromatic carbocycles. The maximum Gasteiger partial charge on any atom is 0.0730 e. The van der Waals surface area contributed by atoms with E-state index in [9.17, 15) is 0 Å². The fraction of sp³-hybridized carbons (Fsp3) is 0.231. The highest BCUT2D eigenvalue weighted by molar-refractivity contribution is 9.11. The standard InChI is InChI=1S/C13H10Br2Cl2S/c1-7-4-12(18-13(7)15)9(14)5-8-2-3-10(16)11(17)6-8/h2-4,6,9H,5H2,1H3. The maximum absolute atomic E-state index is 6.02. The van der Waals surface area contributed by atoms with Gasteiger partial charge < -0.3 is 0 Å². The Morgan fingerprint density at radius 3 is 2.50 bits per heavy atom. The molecule has 0 aliphatic rings. The molecule has 1 unspecified atom stereocenters. The zero-order valence-corrected chi connectivity index (χ0v) is 15.0.